The van der Waals surface area contributed by atoms with Crippen molar-refractivity contribution in [1.29, 1.82) is 5.26 Å². The van der Waals surface area contributed by atoms with Crippen LogP contribution in [0, 0.1) is 11.3 Å². The van der Waals surface area contributed by atoms with Gasteiger partial charge in [0.1, 0.15) is 0 Å². The summed E-state index contributed by atoms with van der Waals surface area (Å²) in [5.74, 6) is 0.0229. The van der Waals surface area contributed by atoms with Crippen LogP contribution in [-0.4, -0.2) is 16.8 Å². The van der Waals surface area contributed by atoms with Crippen LogP contribution in [-0.2, 0) is 6.54 Å². The summed E-state index contributed by atoms with van der Waals surface area (Å²) in [5, 5.41) is 9.67. The van der Waals surface area contributed by atoms with Crippen molar-refractivity contribution in [2.45, 2.75) is 25.4 Å². The molecule has 3 aromatic rings. The molecule has 0 atom stereocenters. The zero-order chi connectivity index (χ0) is 18.8. The zero-order valence-corrected chi connectivity index (χ0v) is 16.1. The number of nitrogens with zero attached hydrogens (tertiary/aromatic N) is 2. The maximum absolute atomic E-state index is 13.0. The highest BCUT2D eigenvalue weighted by atomic mass is 35.5. The third-order valence-corrected chi connectivity index (χ3v) is 6.07. The van der Waals surface area contributed by atoms with E-state index in [2.05, 4.69) is 18.2 Å². The highest BCUT2D eigenvalue weighted by molar-refractivity contribution is 7.15. The molecule has 3 nitrogen and oxygen atoms in total. The Morgan fingerprint density at radius 1 is 1.11 bits per heavy atom. The number of hydrogen-bond acceptors (Lipinski definition) is 3. The Kier molecular flexibility index (Phi) is 4.98. The van der Waals surface area contributed by atoms with Gasteiger partial charge >= 0.3 is 0 Å². The molecule has 0 saturated heterocycles. The zero-order valence-electron chi connectivity index (χ0n) is 14.6. The van der Waals surface area contributed by atoms with Gasteiger partial charge in [-0.15, -0.1) is 11.3 Å². The van der Waals surface area contributed by atoms with Crippen LogP contribution in [0.1, 0.15) is 33.6 Å². The van der Waals surface area contributed by atoms with E-state index in [1.165, 1.54) is 0 Å². The van der Waals surface area contributed by atoms with Crippen LogP contribution in [0.15, 0.2) is 60.7 Å². The highest BCUT2D eigenvalue weighted by Crippen LogP contribution is 2.36. The normalized spacial score (nSPS) is 13.2. The van der Waals surface area contributed by atoms with Gasteiger partial charge in [-0.1, -0.05) is 29.8 Å². The summed E-state index contributed by atoms with van der Waals surface area (Å²) in [6, 6.07) is 21.2. The first-order chi connectivity index (χ1) is 13.2. The second-order valence-electron chi connectivity index (χ2n) is 6.60. The van der Waals surface area contributed by atoms with Crippen LogP contribution < -0.4 is 0 Å². The Balaban J connectivity index is 1.55. The lowest BCUT2D eigenvalue weighted by molar-refractivity contribution is 0.0731. The van der Waals surface area contributed by atoms with Gasteiger partial charge in [-0.2, -0.15) is 5.26 Å². The maximum atomic E-state index is 13.0. The summed E-state index contributed by atoms with van der Waals surface area (Å²) in [4.78, 5) is 17.2. The minimum atomic E-state index is 0.0229. The highest BCUT2D eigenvalue weighted by Gasteiger charge is 2.33. The molecular weight excluding hydrogens is 376 g/mol. The van der Waals surface area contributed by atoms with Gasteiger partial charge < -0.3 is 4.90 Å². The quantitative estimate of drug-likeness (QED) is 0.555. The Bertz CT molecular complexity index is 1020. The topological polar surface area (TPSA) is 44.1 Å². The van der Waals surface area contributed by atoms with Gasteiger partial charge in [0.25, 0.3) is 5.91 Å². The lowest BCUT2D eigenvalue weighted by atomic mass is 10.1. The van der Waals surface area contributed by atoms with Crippen LogP contribution in [0.3, 0.4) is 0 Å². The molecule has 4 rings (SSSR count). The van der Waals surface area contributed by atoms with E-state index in [0.717, 1.165) is 33.2 Å². The van der Waals surface area contributed by atoms with Crippen LogP contribution >= 0.6 is 22.9 Å². The third kappa shape index (κ3) is 3.90. The molecule has 0 bridgehead atoms. The van der Waals surface area contributed by atoms with Gasteiger partial charge in [0.15, 0.2) is 0 Å². The number of thiophene rings is 1. The van der Waals surface area contributed by atoms with E-state index in [0.29, 0.717) is 23.7 Å². The van der Waals surface area contributed by atoms with E-state index >= 15 is 0 Å². The monoisotopic (exact) mass is 392 g/mol. The molecule has 2 aromatic carbocycles. The van der Waals surface area contributed by atoms with Gasteiger partial charge in [-0.05, 0) is 55.3 Å². The van der Waals surface area contributed by atoms with Crippen LogP contribution in [0.2, 0.25) is 5.02 Å². The number of carbonyl (C=O) groups excluding carboxylic acids is 1. The van der Waals surface area contributed by atoms with Crippen molar-refractivity contribution in [2.24, 2.45) is 0 Å². The van der Waals surface area contributed by atoms with Crippen molar-refractivity contribution in [3.8, 4) is 16.5 Å². The Morgan fingerprint density at radius 3 is 2.52 bits per heavy atom. The first-order valence-electron chi connectivity index (χ1n) is 8.80. The summed E-state index contributed by atoms with van der Waals surface area (Å²) in [6.07, 6.45) is 2.09. The third-order valence-electron chi connectivity index (χ3n) is 4.64. The molecule has 1 amide bonds. The number of amides is 1. The Labute approximate surface area is 167 Å². The number of nitriles is 1. The molecule has 1 aliphatic carbocycles. The van der Waals surface area contributed by atoms with E-state index < -0.39 is 0 Å². The van der Waals surface area contributed by atoms with Crippen molar-refractivity contribution in [1.82, 2.24) is 4.90 Å². The predicted molar refractivity (Wildman–Crippen MR) is 109 cm³/mol. The first-order valence-corrected chi connectivity index (χ1v) is 10.00. The minimum Gasteiger partial charge on any atom is -0.331 e. The van der Waals surface area contributed by atoms with E-state index in [9.17, 15) is 4.79 Å². The number of halogens is 1. The molecular formula is C22H17ClN2OS. The van der Waals surface area contributed by atoms with Crippen molar-refractivity contribution in [3.63, 3.8) is 0 Å². The summed E-state index contributed by atoms with van der Waals surface area (Å²) >= 11 is 7.98. The summed E-state index contributed by atoms with van der Waals surface area (Å²) in [6.45, 7) is 0.596. The van der Waals surface area contributed by atoms with Gasteiger partial charge in [0.2, 0.25) is 0 Å². The van der Waals surface area contributed by atoms with Gasteiger partial charge in [-0.25, -0.2) is 0 Å². The number of benzene rings is 2. The molecule has 0 radical (unpaired) electrons. The van der Waals surface area contributed by atoms with Crippen LogP contribution in [0.4, 0.5) is 0 Å². The molecule has 5 heteroatoms. The maximum Gasteiger partial charge on any atom is 0.254 e. The molecule has 0 unspecified atom stereocenters. The number of carbonyl (C=O) groups is 1. The average molecular weight is 393 g/mol. The lowest BCUT2D eigenvalue weighted by Gasteiger charge is -2.22. The second kappa shape index (κ2) is 7.56. The average Bonchev–Trinajstić information content (AvgIpc) is 3.44. The second-order valence-corrected chi connectivity index (χ2v) is 8.17. The van der Waals surface area contributed by atoms with Crippen LogP contribution in [0.25, 0.3) is 10.4 Å². The predicted octanol–water partition coefficient (Wildman–Crippen LogP) is 5.74. The van der Waals surface area contributed by atoms with E-state index in [4.69, 9.17) is 16.9 Å². The fraction of sp³-hybridized carbons (Fsp3) is 0.182. The molecule has 134 valence electrons. The molecule has 27 heavy (non-hydrogen) atoms. The molecule has 1 aromatic heterocycles. The molecule has 0 N–H and O–H groups in total. The summed E-state index contributed by atoms with van der Waals surface area (Å²) in [7, 11) is 0. The van der Waals surface area contributed by atoms with Crippen LogP contribution in [0.5, 0.6) is 0 Å². The molecule has 1 heterocycles. The molecule has 0 spiro atoms. The summed E-state index contributed by atoms with van der Waals surface area (Å²) < 4.78 is 0. The standard InChI is InChI=1S/C22H17ClN2OS/c23-20-4-2-1-3-19(20)21-12-11-18(27-21)14-25(17-9-10-17)22(26)16-7-5-15(13-24)6-8-16/h1-8,11-12,17H,9-10,14H2. The smallest absolute Gasteiger partial charge is 0.254 e. The molecule has 0 aliphatic heterocycles. The minimum absolute atomic E-state index is 0.0229. The van der Waals surface area contributed by atoms with Gasteiger partial charge in [-0.3, -0.25) is 4.79 Å². The largest absolute Gasteiger partial charge is 0.331 e. The van der Waals surface area contributed by atoms with E-state index in [1.807, 2.05) is 29.2 Å². The van der Waals surface area contributed by atoms with Crippen molar-refractivity contribution in [2.75, 3.05) is 0 Å². The number of rotatable bonds is 5. The summed E-state index contributed by atoms with van der Waals surface area (Å²) in [5.41, 5.74) is 2.21. The van der Waals surface area contributed by atoms with E-state index in [-0.39, 0.29) is 5.91 Å². The first kappa shape index (κ1) is 17.8. The van der Waals surface area contributed by atoms with Gasteiger partial charge in [0, 0.05) is 31.9 Å². The SMILES string of the molecule is N#Cc1ccc(C(=O)N(Cc2ccc(-c3ccccc3Cl)s2)C2CC2)cc1. The Morgan fingerprint density at radius 2 is 1.85 bits per heavy atom. The van der Waals surface area contributed by atoms with Crippen molar-refractivity contribution in [3.05, 3.63) is 81.7 Å². The fourth-order valence-electron chi connectivity index (χ4n) is 3.04. The van der Waals surface area contributed by atoms with Gasteiger partial charge in [0.05, 0.1) is 18.2 Å². The lowest BCUT2D eigenvalue weighted by Crippen LogP contribution is -2.32. The number of hydrogen-bond donors (Lipinski definition) is 0. The Hall–Kier alpha value is -2.61. The molecule has 1 aliphatic rings. The molecule has 1 fully saturated rings. The van der Waals surface area contributed by atoms with Crippen molar-refractivity contribution < 1.29 is 4.79 Å². The molecule has 1 saturated carbocycles. The fourth-order valence-corrected chi connectivity index (χ4v) is 4.38. The van der Waals surface area contributed by atoms with E-state index in [1.54, 1.807) is 35.6 Å². The van der Waals surface area contributed by atoms with Crippen molar-refractivity contribution >= 4 is 28.8 Å².